The average molecular weight is 1220 g/mol. The Morgan fingerprint density at radius 1 is 0.610 bits per heavy atom. The van der Waals surface area contributed by atoms with Gasteiger partial charge in [-0.1, -0.05) is 93.9 Å². The SMILES string of the molecule is CN1CCC(C(=O)Nc2cc(Br)ccn2)CC1.Cc1cc(-c2ccnc(NC(=O)C3CCN(C)CC3)c2)ccc1CNC(=O)c1cnc(C(C)(C)C)s1.Cc1cc(B2OC(C)(C)C(C)(C)O2)ccc1CNC(=O)c1cnc(C(C)(C)C)s1. The van der Waals surface area contributed by atoms with Gasteiger partial charge in [-0.3, -0.25) is 19.2 Å². The third-order valence-corrected chi connectivity index (χ3v) is 18.7. The number of pyridine rings is 2. The molecule has 4 amide bonds. The van der Waals surface area contributed by atoms with E-state index in [0.717, 1.165) is 105 Å². The Balaban J connectivity index is 0.000000188. The van der Waals surface area contributed by atoms with Crippen LogP contribution in [0.25, 0.3) is 11.1 Å². The largest absolute Gasteiger partial charge is 0.494 e. The lowest BCUT2D eigenvalue weighted by Gasteiger charge is -2.32. The van der Waals surface area contributed by atoms with Gasteiger partial charge >= 0.3 is 7.12 Å². The standard InChI is InChI=1S/C28H35N5O2S.C22H31BN2O3S.C12H16BrN3O/c1-18-14-20(6-7-22(18)16-30-26(35)23-17-31-27(36-23)28(2,3)4)21-8-11-29-24(15-21)32-25(34)19-9-12-33(5)13-10-19;1-14-11-16(23-27-21(5,6)22(7,8)28-23)10-9-15(14)12-24-18(26)17-13-25-19(29-17)20(2,3)4;1-16-6-3-9(4-7-16)12(17)15-11-8-10(13)2-5-14-11/h6-8,11,14-15,17,19H,9-10,12-13,16H2,1-5H3,(H,30,35)(H,29,32,34);9-11,13H,12H2,1-8H3,(H,24,26);2,5,8-9H,3-4,6-7H2,1H3,(H,14,15,17). The maximum Gasteiger partial charge on any atom is 0.494 e. The molecule has 0 atom stereocenters. The summed E-state index contributed by atoms with van der Waals surface area (Å²) in [5, 5.41) is 13.8. The number of aromatic nitrogens is 4. The molecule has 6 aromatic rings. The molecule has 4 N–H and O–H groups in total. The zero-order valence-corrected chi connectivity index (χ0v) is 53.4. The fourth-order valence-electron chi connectivity index (χ4n) is 9.24. The van der Waals surface area contributed by atoms with E-state index in [0.29, 0.717) is 34.5 Å². The highest BCUT2D eigenvalue weighted by Gasteiger charge is 2.51. The van der Waals surface area contributed by atoms with Crippen LogP contribution in [-0.4, -0.2) is 112 Å². The first-order valence-electron chi connectivity index (χ1n) is 28.2. The van der Waals surface area contributed by atoms with E-state index in [4.69, 9.17) is 9.31 Å². The fourth-order valence-corrected chi connectivity index (χ4v) is 11.4. The fraction of sp³-hybridized carbons (Fsp3) is 0.484. The molecule has 3 fully saturated rings. The number of hydrogen-bond acceptors (Lipinski definition) is 14. The molecule has 3 aliphatic heterocycles. The van der Waals surface area contributed by atoms with E-state index < -0.39 is 0 Å². The van der Waals surface area contributed by atoms with Crippen molar-refractivity contribution in [2.45, 2.75) is 144 Å². The summed E-state index contributed by atoms with van der Waals surface area (Å²) in [7, 11) is 3.80. The second-order valence-corrected chi connectivity index (χ2v) is 27.7. The van der Waals surface area contributed by atoms with Crippen LogP contribution in [0.4, 0.5) is 11.6 Å². The van der Waals surface area contributed by atoms with Gasteiger partial charge in [0.15, 0.2) is 0 Å². The van der Waals surface area contributed by atoms with Crippen LogP contribution in [0.5, 0.6) is 0 Å². The Labute approximate surface area is 502 Å². The van der Waals surface area contributed by atoms with Crippen LogP contribution in [0.3, 0.4) is 0 Å². The summed E-state index contributed by atoms with van der Waals surface area (Å²) < 4.78 is 13.2. The van der Waals surface area contributed by atoms with Crippen molar-refractivity contribution in [1.82, 2.24) is 40.4 Å². The van der Waals surface area contributed by atoms with E-state index >= 15 is 0 Å². The lowest BCUT2D eigenvalue weighted by atomic mass is 9.78. The molecule has 438 valence electrons. The number of thiazole rings is 2. The monoisotopic (exact) mass is 1220 g/mol. The number of hydrogen-bond donors (Lipinski definition) is 4. The number of amides is 4. The molecule has 0 radical (unpaired) electrons. The Morgan fingerprint density at radius 3 is 1.46 bits per heavy atom. The number of benzene rings is 2. The smallest absolute Gasteiger partial charge is 0.399 e. The number of carbonyl (C=O) groups excluding carboxylic acids is 4. The van der Waals surface area contributed by atoms with Crippen LogP contribution in [0.1, 0.15) is 147 Å². The van der Waals surface area contributed by atoms with Crippen molar-refractivity contribution in [3.8, 4) is 11.1 Å². The van der Waals surface area contributed by atoms with Crippen molar-refractivity contribution >= 4 is 86.4 Å². The Morgan fingerprint density at radius 2 is 1.04 bits per heavy atom. The van der Waals surface area contributed by atoms with E-state index in [1.807, 2.05) is 90.1 Å². The third-order valence-electron chi connectivity index (χ3n) is 15.4. The second-order valence-electron chi connectivity index (χ2n) is 24.8. The number of anilines is 2. The Bertz CT molecular complexity index is 3170. The zero-order valence-electron chi connectivity index (χ0n) is 50.2. The van der Waals surface area contributed by atoms with Crippen molar-refractivity contribution in [3.63, 3.8) is 0 Å². The zero-order chi connectivity index (χ0) is 59.7. The average Bonchev–Trinajstić information content (AvgIpc) is 4.28. The van der Waals surface area contributed by atoms with Crippen LogP contribution in [0.15, 0.2) is 89.9 Å². The van der Waals surface area contributed by atoms with E-state index in [2.05, 4.69) is 135 Å². The molecule has 0 bridgehead atoms. The van der Waals surface area contributed by atoms with Crippen LogP contribution >= 0.6 is 38.6 Å². The Kier molecular flexibility index (Phi) is 21.3. The molecular formula is C62H82BBrN10O6S2. The quantitative estimate of drug-likeness (QED) is 0.0849. The Hall–Kier alpha value is -5.74. The lowest BCUT2D eigenvalue weighted by Crippen LogP contribution is -2.41. The van der Waals surface area contributed by atoms with Gasteiger partial charge in [0, 0.05) is 52.6 Å². The molecule has 4 aromatic heterocycles. The molecule has 3 saturated heterocycles. The molecule has 2 aromatic carbocycles. The number of piperidine rings is 2. The van der Waals surface area contributed by atoms with Crippen molar-refractivity contribution in [1.29, 1.82) is 0 Å². The highest BCUT2D eigenvalue weighted by molar-refractivity contribution is 9.10. The van der Waals surface area contributed by atoms with Gasteiger partial charge in [0.2, 0.25) is 11.8 Å². The molecule has 0 saturated carbocycles. The maximum atomic E-state index is 12.7. The van der Waals surface area contributed by atoms with Gasteiger partial charge in [-0.25, -0.2) is 19.9 Å². The van der Waals surface area contributed by atoms with E-state index in [-0.39, 0.29) is 64.6 Å². The van der Waals surface area contributed by atoms with Crippen LogP contribution in [0.2, 0.25) is 0 Å². The summed E-state index contributed by atoms with van der Waals surface area (Å²) in [5.41, 5.74) is 6.47. The summed E-state index contributed by atoms with van der Waals surface area (Å²) in [6.07, 6.45) is 10.3. The number of nitrogens with one attached hydrogen (secondary N) is 4. The molecule has 0 unspecified atom stereocenters. The van der Waals surface area contributed by atoms with Crippen molar-refractivity contribution < 1.29 is 28.5 Å². The van der Waals surface area contributed by atoms with Gasteiger partial charge in [0.1, 0.15) is 21.4 Å². The molecule has 82 heavy (non-hydrogen) atoms. The molecule has 0 spiro atoms. The molecule has 16 nitrogen and oxygen atoms in total. The highest BCUT2D eigenvalue weighted by Crippen LogP contribution is 2.37. The summed E-state index contributed by atoms with van der Waals surface area (Å²) >= 11 is 6.25. The van der Waals surface area contributed by atoms with Gasteiger partial charge in [-0.15, -0.1) is 22.7 Å². The van der Waals surface area contributed by atoms with E-state index in [1.165, 1.54) is 22.7 Å². The maximum absolute atomic E-state index is 12.7. The molecule has 7 heterocycles. The van der Waals surface area contributed by atoms with Crippen molar-refractivity contribution in [2.75, 3.05) is 50.9 Å². The number of halogens is 1. The van der Waals surface area contributed by atoms with Crippen molar-refractivity contribution in [3.05, 3.63) is 132 Å². The van der Waals surface area contributed by atoms with Crippen molar-refractivity contribution in [2.24, 2.45) is 11.8 Å². The van der Waals surface area contributed by atoms with Gasteiger partial charge in [0.05, 0.1) is 33.6 Å². The first-order chi connectivity index (χ1) is 38.5. The molecule has 3 aliphatic rings. The highest BCUT2D eigenvalue weighted by atomic mass is 79.9. The summed E-state index contributed by atoms with van der Waals surface area (Å²) in [6.45, 7) is 29.6. The second kappa shape index (κ2) is 27.3. The summed E-state index contributed by atoms with van der Waals surface area (Å²) in [4.78, 5) is 72.9. The van der Waals surface area contributed by atoms with E-state index in [9.17, 15) is 19.2 Å². The number of rotatable bonds is 12. The molecular weight excluding hydrogens is 1140 g/mol. The summed E-state index contributed by atoms with van der Waals surface area (Å²) in [6, 6.07) is 19.8. The number of likely N-dealkylation sites (tertiary alicyclic amines) is 2. The lowest BCUT2D eigenvalue weighted by molar-refractivity contribution is -0.121. The van der Waals surface area contributed by atoms with Gasteiger partial charge in [0.25, 0.3) is 11.8 Å². The molecule has 20 heteroatoms. The topological polar surface area (TPSA) is 193 Å². The van der Waals surface area contributed by atoms with Gasteiger partial charge < -0.3 is 40.4 Å². The number of aryl methyl sites for hydroxylation is 2. The normalized spacial score (nSPS) is 16.7. The minimum Gasteiger partial charge on any atom is -0.399 e. The summed E-state index contributed by atoms with van der Waals surface area (Å²) in [5.74, 6) is 1.28. The minimum atomic E-state index is -0.379. The molecule has 9 rings (SSSR count). The van der Waals surface area contributed by atoms with Crippen LogP contribution in [0, 0.1) is 25.7 Å². The number of nitrogens with zero attached hydrogens (tertiary/aromatic N) is 6. The van der Waals surface area contributed by atoms with E-state index in [1.54, 1.807) is 24.8 Å². The predicted octanol–water partition coefficient (Wildman–Crippen LogP) is 11.1. The predicted molar refractivity (Wildman–Crippen MR) is 335 cm³/mol. The van der Waals surface area contributed by atoms with Crippen LogP contribution < -0.4 is 26.7 Å². The van der Waals surface area contributed by atoms with Gasteiger partial charge in [-0.2, -0.15) is 0 Å². The van der Waals surface area contributed by atoms with Crippen LogP contribution in [-0.2, 0) is 42.8 Å². The molecule has 0 aliphatic carbocycles. The first kappa shape index (κ1) is 63.8. The third kappa shape index (κ3) is 17.4. The number of carbonyl (C=O) groups is 4. The first-order valence-corrected chi connectivity index (χ1v) is 30.6. The van der Waals surface area contributed by atoms with Gasteiger partial charge in [-0.05, 0) is 171 Å². The minimum absolute atomic E-state index is 0.0356.